The summed E-state index contributed by atoms with van der Waals surface area (Å²) in [5.74, 6) is 0. The fraction of sp³-hybridized carbons (Fsp3) is 0.818. The molecule has 14 heavy (non-hydrogen) atoms. The van der Waals surface area contributed by atoms with Crippen molar-refractivity contribution in [3.63, 3.8) is 0 Å². The molecule has 1 atom stereocenters. The lowest BCUT2D eigenvalue weighted by atomic mass is 10.2. The Kier molecular flexibility index (Phi) is 5.15. The number of hydrogen-bond donors (Lipinski definition) is 1. The highest BCUT2D eigenvalue weighted by Crippen LogP contribution is 2.01. The standard InChI is InChI=1S/C11H22N2O/c1-10(2)4-5-12-8-11-9-13(3)6-7-14-11/h11-12H,1,4-9H2,2-3H3. The Balaban J connectivity index is 2.03. The predicted octanol–water partition coefficient (Wildman–Crippen LogP) is 0.873. The van der Waals surface area contributed by atoms with Crippen LogP contribution in [0.4, 0.5) is 0 Å². The molecule has 0 aromatic rings. The molecule has 1 fully saturated rings. The number of rotatable bonds is 5. The van der Waals surface area contributed by atoms with E-state index in [2.05, 4.69) is 30.8 Å². The van der Waals surface area contributed by atoms with Gasteiger partial charge in [-0.25, -0.2) is 0 Å². The van der Waals surface area contributed by atoms with Gasteiger partial charge in [-0.2, -0.15) is 0 Å². The highest BCUT2D eigenvalue weighted by molar-refractivity contribution is 4.88. The molecule has 1 N–H and O–H groups in total. The van der Waals surface area contributed by atoms with E-state index in [1.807, 2.05) is 0 Å². The minimum absolute atomic E-state index is 0.360. The number of nitrogens with one attached hydrogen (secondary N) is 1. The van der Waals surface area contributed by atoms with Crippen molar-refractivity contribution in [2.75, 3.05) is 39.8 Å². The predicted molar refractivity (Wildman–Crippen MR) is 59.5 cm³/mol. The van der Waals surface area contributed by atoms with Crippen LogP contribution in [0.15, 0.2) is 12.2 Å². The molecule has 3 nitrogen and oxygen atoms in total. The first kappa shape index (κ1) is 11.7. The van der Waals surface area contributed by atoms with E-state index >= 15 is 0 Å². The van der Waals surface area contributed by atoms with Crippen molar-refractivity contribution >= 4 is 0 Å². The monoisotopic (exact) mass is 198 g/mol. The lowest BCUT2D eigenvalue weighted by Gasteiger charge is -2.30. The summed E-state index contributed by atoms with van der Waals surface area (Å²) in [5, 5.41) is 3.39. The van der Waals surface area contributed by atoms with Gasteiger partial charge in [-0.05, 0) is 26.9 Å². The van der Waals surface area contributed by atoms with E-state index in [1.54, 1.807) is 0 Å². The van der Waals surface area contributed by atoms with Crippen LogP contribution in [-0.4, -0.2) is 50.8 Å². The second kappa shape index (κ2) is 6.17. The maximum absolute atomic E-state index is 5.63. The molecule has 1 unspecified atom stereocenters. The molecule has 1 aliphatic rings. The van der Waals surface area contributed by atoms with E-state index in [4.69, 9.17) is 4.74 Å². The third-order valence-corrected chi connectivity index (χ3v) is 2.44. The average molecular weight is 198 g/mol. The Labute approximate surface area is 87.1 Å². The summed E-state index contributed by atoms with van der Waals surface area (Å²) in [5.41, 5.74) is 1.24. The van der Waals surface area contributed by atoms with Crippen LogP contribution in [0.2, 0.25) is 0 Å². The molecule has 0 bridgehead atoms. The molecule has 1 saturated heterocycles. The van der Waals surface area contributed by atoms with Crippen molar-refractivity contribution in [2.45, 2.75) is 19.4 Å². The van der Waals surface area contributed by atoms with Gasteiger partial charge in [0, 0.05) is 19.6 Å². The number of hydrogen-bond acceptors (Lipinski definition) is 3. The Bertz CT molecular complexity index is 182. The molecule has 0 amide bonds. The summed E-state index contributed by atoms with van der Waals surface area (Å²) in [7, 11) is 2.14. The third kappa shape index (κ3) is 4.74. The first-order valence-corrected chi connectivity index (χ1v) is 5.33. The van der Waals surface area contributed by atoms with Crippen LogP contribution in [-0.2, 0) is 4.74 Å². The van der Waals surface area contributed by atoms with Gasteiger partial charge in [-0.3, -0.25) is 0 Å². The lowest BCUT2D eigenvalue weighted by molar-refractivity contribution is -0.0179. The van der Waals surface area contributed by atoms with E-state index in [0.717, 1.165) is 39.2 Å². The Hall–Kier alpha value is -0.380. The number of morpholine rings is 1. The zero-order chi connectivity index (χ0) is 10.4. The van der Waals surface area contributed by atoms with Crippen LogP contribution in [0, 0.1) is 0 Å². The van der Waals surface area contributed by atoms with Crippen LogP contribution in [0.1, 0.15) is 13.3 Å². The summed E-state index contributed by atoms with van der Waals surface area (Å²) in [6.45, 7) is 10.9. The Morgan fingerprint density at radius 3 is 3.07 bits per heavy atom. The smallest absolute Gasteiger partial charge is 0.0826 e. The molecule has 3 heteroatoms. The van der Waals surface area contributed by atoms with Crippen molar-refractivity contribution in [1.29, 1.82) is 0 Å². The maximum Gasteiger partial charge on any atom is 0.0826 e. The lowest BCUT2D eigenvalue weighted by Crippen LogP contribution is -2.44. The molecular formula is C11H22N2O. The van der Waals surface area contributed by atoms with Gasteiger partial charge >= 0.3 is 0 Å². The molecule has 0 radical (unpaired) electrons. The van der Waals surface area contributed by atoms with Crippen molar-refractivity contribution in [1.82, 2.24) is 10.2 Å². The van der Waals surface area contributed by atoms with Crippen LogP contribution >= 0.6 is 0 Å². The van der Waals surface area contributed by atoms with Gasteiger partial charge in [0.15, 0.2) is 0 Å². The molecule has 82 valence electrons. The molecule has 1 aliphatic heterocycles. The molecule has 0 aromatic carbocycles. The van der Waals surface area contributed by atoms with Crippen LogP contribution in [0.5, 0.6) is 0 Å². The van der Waals surface area contributed by atoms with Crippen LogP contribution < -0.4 is 5.32 Å². The minimum Gasteiger partial charge on any atom is -0.374 e. The number of likely N-dealkylation sites (N-methyl/N-ethyl adjacent to an activating group) is 1. The number of ether oxygens (including phenoxy) is 1. The van der Waals surface area contributed by atoms with Gasteiger partial charge in [-0.1, -0.05) is 5.57 Å². The molecule has 0 aromatic heterocycles. The summed E-state index contributed by atoms with van der Waals surface area (Å²) in [4.78, 5) is 2.31. The average Bonchev–Trinajstić information content (AvgIpc) is 2.12. The SMILES string of the molecule is C=C(C)CCNCC1CN(C)CCO1. The fourth-order valence-corrected chi connectivity index (χ4v) is 1.56. The summed E-state index contributed by atoms with van der Waals surface area (Å²) < 4.78 is 5.63. The third-order valence-electron chi connectivity index (χ3n) is 2.44. The van der Waals surface area contributed by atoms with Gasteiger partial charge in [-0.15, -0.1) is 6.58 Å². The van der Waals surface area contributed by atoms with Crippen molar-refractivity contribution in [3.8, 4) is 0 Å². The Morgan fingerprint density at radius 2 is 2.43 bits per heavy atom. The summed E-state index contributed by atoms with van der Waals surface area (Å²) >= 11 is 0. The largest absolute Gasteiger partial charge is 0.374 e. The Morgan fingerprint density at radius 1 is 1.64 bits per heavy atom. The zero-order valence-electron chi connectivity index (χ0n) is 9.38. The van der Waals surface area contributed by atoms with Gasteiger partial charge in [0.05, 0.1) is 12.7 Å². The van der Waals surface area contributed by atoms with Gasteiger partial charge in [0.2, 0.25) is 0 Å². The summed E-state index contributed by atoms with van der Waals surface area (Å²) in [6.07, 6.45) is 1.42. The van der Waals surface area contributed by atoms with Crippen LogP contribution in [0.25, 0.3) is 0 Å². The zero-order valence-corrected chi connectivity index (χ0v) is 9.38. The minimum atomic E-state index is 0.360. The van der Waals surface area contributed by atoms with Crippen molar-refractivity contribution in [3.05, 3.63) is 12.2 Å². The normalized spacial score (nSPS) is 23.7. The molecule has 0 aliphatic carbocycles. The maximum atomic E-state index is 5.63. The highest BCUT2D eigenvalue weighted by atomic mass is 16.5. The second-order valence-corrected chi connectivity index (χ2v) is 4.17. The fourth-order valence-electron chi connectivity index (χ4n) is 1.56. The van der Waals surface area contributed by atoms with E-state index < -0.39 is 0 Å². The quantitative estimate of drug-likeness (QED) is 0.524. The molecule has 0 saturated carbocycles. The van der Waals surface area contributed by atoms with Gasteiger partial charge in [0.25, 0.3) is 0 Å². The van der Waals surface area contributed by atoms with Crippen molar-refractivity contribution in [2.24, 2.45) is 0 Å². The topological polar surface area (TPSA) is 24.5 Å². The number of nitrogens with zero attached hydrogens (tertiary/aromatic N) is 1. The molecular weight excluding hydrogens is 176 g/mol. The van der Waals surface area contributed by atoms with Crippen molar-refractivity contribution < 1.29 is 4.74 Å². The van der Waals surface area contributed by atoms with E-state index in [9.17, 15) is 0 Å². The van der Waals surface area contributed by atoms with E-state index in [-0.39, 0.29) is 0 Å². The second-order valence-electron chi connectivity index (χ2n) is 4.17. The van der Waals surface area contributed by atoms with Gasteiger partial charge < -0.3 is 15.0 Å². The van der Waals surface area contributed by atoms with Gasteiger partial charge in [0.1, 0.15) is 0 Å². The molecule has 0 spiro atoms. The highest BCUT2D eigenvalue weighted by Gasteiger charge is 2.16. The first-order chi connectivity index (χ1) is 6.68. The van der Waals surface area contributed by atoms with E-state index in [0.29, 0.717) is 6.10 Å². The van der Waals surface area contributed by atoms with E-state index in [1.165, 1.54) is 5.57 Å². The first-order valence-electron chi connectivity index (χ1n) is 5.33. The molecule has 1 heterocycles. The van der Waals surface area contributed by atoms with Crippen LogP contribution in [0.3, 0.4) is 0 Å². The molecule has 1 rings (SSSR count). The summed E-state index contributed by atoms with van der Waals surface area (Å²) in [6, 6.07) is 0.